The van der Waals surface area contributed by atoms with E-state index < -0.39 is 37.0 Å². The van der Waals surface area contributed by atoms with Gasteiger partial charge in [0.25, 0.3) is 11.8 Å². The van der Waals surface area contributed by atoms with Gasteiger partial charge in [0.1, 0.15) is 18.3 Å². The number of carbonyl (C=O) groups excluding carboxylic acids is 4. The maximum atomic E-state index is 12.1. The number of hydrogen-bond acceptors (Lipinski definition) is 6. The highest BCUT2D eigenvalue weighted by Crippen LogP contribution is 2.17. The van der Waals surface area contributed by atoms with Crippen molar-refractivity contribution in [3.05, 3.63) is 29.8 Å². The van der Waals surface area contributed by atoms with Gasteiger partial charge in [-0.15, -0.1) is 0 Å². The maximum absolute atomic E-state index is 12.1. The lowest BCUT2D eigenvalue weighted by atomic mass is 10.2. The van der Waals surface area contributed by atoms with Crippen molar-refractivity contribution in [1.29, 1.82) is 0 Å². The predicted octanol–water partition coefficient (Wildman–Crippen LogP) is -0.000900. The summed E-state index contributed by atoms with van der Waals surface area (Å²) in [6, 6.07) is 5.89. The fraction of sp³-hybridized carbons (Fsp3) is 0.444. The van der Waals surface area contributed by atoms with Gasteiger partial charge in [-0.2, -0.15) is 0 Å². The van der Waals surface area contributed by atoms with Crippen molar-refractivity contribution in [2.75, 3.05) is 26.3 Å². The molecule has 1 aromatic rings. The first-order valence-electron chi connectivity index (χ1n) is 8.61. The van der Waals surface area contributed by atoms with Crippen LogP contribution >= 0.6 is 0 Å². The first-order chi connectivity index (χ1) is 12.9. The van der Waals surface area contributed by atoms with Crippen molar-refractivity contribution in [3.8, 4) is 5.75 Å². The minimum Gasteiger partial charge on any atom is -0.493 e. The lowest BCUT2D eigenvalue weighted by Crippen LogP contribution is -2.46. The summed E-state index contributed by atoms with van der Waals surface area (Å²) in [7, 11) is 0. The molecular formula is C18H25N3O6. The molecule has 0 aliphatic heterocycles. The summed E-state index contributed by atoms with van der Waals surface area (Å²) < 4.78 is 10.1. The molecule has 3 amide bonds. The second-order valence-corrected chi connectivity index (χ2v) is 5.46. The van der Waals surface area contributed by atoms with Gasteiger partial charge >= 0.3 is 5.97 Å². The highest BCUT2D eigenvalue weighted by molar-refractivity contribution is 5.98. The fourth-order valence-electron chi connectivity index (χ4n) is 2.06. The fourth-order valence-corrected chi connectivity index (χ4v) is 2.06. The van der Waals surface area contributed by atoms with Crippen LogP contribution in [0, 0.1) is 0 Å². The number of hydrogen-bond donors (Lipinski definition) is 3. The maximum Gasteiger partial charge on any atom is 0.325 e. The minimum atomic E-state index is -0.780. The third-order valence-electron chi connectivity index (χ3n) is 3.31. The number of ether oxygens (including phenoxy) is 2. The molecule has 27 heavy (non-hydrogen) atoms. The topological polar surface area (TPSA) is 123 Å². The van der Waals surface area contributed by atoms with E-state index in [4.69, 9.17) is 9.47 Å². The van der Waals surface area contributed by atoms with Gasteiger partial charge in [-0.1, -0.05) is 12.1 Å². The Labute approximate surface area is 157 Å². The van der Waals surface area contributed by atoms with E-state index in [1.165, 1.54) is 6.92 Å². The first-order valence-corrected chi connectivity index (χ1v) is 8.61. The summed E-state index contributed by atoms with van der Waals surface area (Å²) in [5.41, 5.74) is 0.292. The Balaban J connectivity index is 2.40. The van der Waals surface area contributed by atoms with E-state index >= 15 is 0 Å². The molecule has 148 valence electrons. The van der Waals surface area contributed by atoms with Crippen LogP contribution in [0.2, 0.25) is 0 Å². The summed E-state index contributed by atoms with van der Waals surface area (Å²) >= 11 is 0. The van der Waals surface area contributed by atoms with Crippen LogP contribution in [-0.2, 0) is 19.1 Å². The van der Waals surface area contributed by atoms with Gasteiger partial charge in [0.2, 0.25) is 5.91 Å². The van der Waals surface area contributed by atoms with Crippen LogP contribution in [-0.4, -0.2) is 56.0 Å². The number of carbonyl (C=O) groups is 4. The molecule has 0 bridgehead atoms. The summed E-state index contributed by atoms with van der Waals surface area (Å²) in [6.07, 6.45) is 0. The minimum absolute atomic E-state index is 0.292. The quantitative estimate of drug-likeness (QED) is 0.492. The Morgan fingerprint density at radius 3 is 2.44 bits per heavy atom. The van der Waals surface area contributed by atoms with E-state index in [1.54, 1.807) is 38.1 Å². The number of nitrogens with one attached hydrogen (secondary N) is 3. The number of amides is 3. The van der Waals surface area contributed by atoms with E-state index in [0.29, 0.717) is 24.5 Å². The van der Waals surface area contributed by atoms with Crippen LogP contribution < -0.4 is 20.7 Å². The third kappa shape index (κ3) is 7.76. The summed E-state index contributed by atoms with van der Waals surface area (Å²) in [5, 5.41) is 7.37. The summed E-state index contributed by atoms with van der Waals surface area (Å²) in [5.74, 6) is -1.82. The first kappa shape index (κ1) is 21.9. The Hall–Kier alpha value is -3.10. The summed E-state index contributed by atoms with van der Waals surface area (Å²) in [4.78, 5) is 47.0. The van der Waals surface area contributed by atoms with Crippen LogP contribution in [0.1, 0.15) is 31.1 Å². The van der Waals surface area contributed by atoms with E-state index in [-0.39, 0.29) is 5.91 Å². The second-order valence-electron chi connectivity index (χ2n) is 5.46. The largest absolute Gasteiger partial charge is 0.493 e. The molecule has 1 aromatic carbocycles. The smallest absolute Gasteiger partial charge is 0.325 e. The van der Waals surface area contributed by atoms with Gasteiger partial charge in [-0.05, 0) is 32.9 Å². The zero-order valence-electron chi connectivity index (χ0n) is 15.7. The molecule has 3 N–H and O–H groups in total. The highest BCUT2D eigenvalue weighted by atomic mass is 16.5. The van der Waals surface area contributed by atoms with Crippen LogP contribution in [0.4, 0.5) is 0 Å². The van der Waals surface area contributed by atoms with Crippen LogP contribution in [0.5, 0.6) is 5.75 Å². The molecule has 0 radical (unpaired) electrons. The van der Waals surface area contributed by atoms with Gasteiger partial charge in [-0.3, -0.25) is 19.2 Å². The molecule has 0 aromatic heterocycles. The summed E-state index contributed by atoms with van der Waals surface area (Å²) in [6.45, 7) is 4.96. The zero-order valence-corrected chi connectivity index (χ0v) is 15.7. The van der Waals surface area contributed by atoms with E-state index in [2.05, 4.69) is 16.0 Å². The number of benzene rings is 1. The number of para-hydroxylation sites is 1. The Kier molecular flexibility index (Phi) is 9.35. The molecule has 0 fully saturated rings. The van der Waals surface area contributed by atoms with Crippen molar-refractivity contribution in [1.82, 2.24) is 16.0 Å². The average molecular weight is 379 g/mol. The number of rotatable bonds is 10. The molecule has 0 heterocycles. The van der Waals surface area contributed by atoms with Crippen molar-refractivity contribution < 1.29 is 28.7 Å². The Morgan fingerprint density at radius 1 is 1.07 bits per heavy atom. The molecule has 1 rings (SSSR count). The third-order valence-corrected chi connectivity index (χ3v) is 3.31. The lowest BCUT2D eigenvalue weighted by Gasteiger charge is -2.13. The monoisotopic (exact) mass is 379 g/mol. The van der Waals surface area contributed by atoms with Crippen LogP contribution in [0.25, 0.3) is 0 Å². The van der Waals surface area contributed by atoms with Crippen molar-refractivity contribution in [2.24, 2.45) is 0 Å². The number of likely N-dealkylation sites (N-methyl/N-ethyl adjacent to an activating group) is 1. The lowest BCUT2D eigenvalue weighted by molar-refractivity contribution is -0.147. The number of esters is 1. The highest BCUT2D eigenvalue weighted by Gasteiger charge is 2.17. The molecule has 0 aliphatic carbocycles. The van der Waals surface area contributed by atoms with Crippen LogP contribution in [0.3, 0.4) is 0 Å². The SMILES string of the molecule is CCNC(=O)[C@@H](C)NC(=O)COC(=O)CNC(=O)c1ccccc1OCC. The molecule has 9 nitrogen and oxygen atoms in total. The van der Waals surface area contributed by atoms with Gasteiger partial charge in [0, 0.05) is 6.54 Å². The van der Waals surface area contributed by atoms with Gasteiger partial charge in [-0.25, -0.2) is 0 Å². The van der Waals surface area contributed by atoms with Crippen molar-refractivity contribution in [3.63, 3.8) is 0 Å². The van der Waals surface area contributed by atoms with Gasteiger partial charge < -0.3 is 25.4 Å². The molecular weight excluding hydrogens is 354 g/mol. The van der Waals surface area contributed by atoms with Crippen molar-refractivity contribution in [2.45, 2.75) is 26.8 Å². The molecule has 0 aliphatic rings. The second kappa shape index (κ2) is 11.5. The molecule has 1 atom stereocenters. The Bertz CT molecular complexity index is 677. The predicted molar refractivity (Wildman–Crippen MR) is 97.2 cm³/mol. The molecule has 0 spiro atoms. The normalized spacial score (nSPS) is 11.1. The molecule has 0 unspecified atom stereocenters. The van der Waals surface area contributed by atoms with E-state index in [0.717, 1.165) is 0 Å². The standard InChI is InChI=1S/C18H25N3O6/c1-4-19-17(24)12(3)21-15(22)11-27-16(23)10-20-18(25)13-8-6-7-9-14(13)26-5-2/h6-9,12H,4-5,10-11H2,1-3H3,(H,19,24)(H,20,25)(H,21,22)/t12-/m1/s1. The zero-order chi connectivity index (χ0) is 20.2. The van der Waals surface area contributed by atoms with Crippen LogP contribution in [0.15, 0.2) is 24.3 Å². The Morgan fingerprint density at radius 2 is 1.78 bits per heavy atom. The van der Waals surface area contributed by atoms with Gasteiger partial charge in [0.15, 0.2) is 6.61 Å². The average Bonchev–Trinajstić information content (AvgIpc) is 2.65. The molecule has 9 heteroatoms. The van der Waals surface area contributed by atoms with Gasteiger partial charge in [0.05, 0.1) is 12.2 Å². The molecule has 0 saturated carbocycles. The van der Waals surface area contributed by atoms with Crippen molar-refractivity contribution >= 4 is 23.7 Å². The van der Waals surface area contributed by atoms with E-state index in [1.807, 2.05) is 0 Å². The molecule has 0 saturated heterocycles. The van der Waals surface area contributed by atoms with E-state index in [9.17, 15) is 19.2 Å².